The molecule has 1 aromatic heterocycles. The molecule has 0 spiro atoms. The molecular formula is C40H42Cl2N4O7. The molecule has 4 aromatic rings. The van der Waals surface area contributed by atoms with Gasteiger partial charge in [0, 0.05) is 61.3 Å². The first-order valence-corrected chi connectivity index (χ1v) is 18.3. The molecule has 13 heteroatoms. The standard InChI is InChI=1S/C40H42Cl2N4O7/c1-40(25-47,39(48)49)45-23-28-18-33(41)37(19-36(28)52-24-27-17-26(20-43)21-44-22-27)53-34-10-9-30-29(5-2-6-31(30)34)32-7-3-8-35(38(32)42)51-14-4-11-46-12-15-50-16-13-46/h2-3,5-8,17-19,21-22,34,45,47H,4,9-16,23-25H2,1H3,(H,48,49)/t34-,40-/m0/s1. The maximum Gasteiger partial charge on any atom is 0.326 e. The van der Waals surface area contributed by atoms with Crippen LogP contribution in [0.4, 0.5) is 0 Å². The van der Waals surface area contributed by atoms with Crippen molar-refractivity contribution in [3.05, 3.63) is 105 Å². The van der Waals surface area contributed by atoms with E-state index in [0.717, 1.165) is 67.9 Å². The van der Waals surface area contributed by atoms with Gasteiger partial charge in [-0.25, -0.2) is 0 Å². The van der Waals surface area contributed by atoms with Gasteiger partial charge in [0.25, 0.3) is 0 Å². The third kappa shape index (κ3) is 9.22. The van der Waals surface area contributed by atoms with Crippen LogP contribution in [0.25, 0.3) is 11.1 Å². The van der Waals surface area contributed by atoms with Crippen LogP contribution in [-0.2, 0) is 29.1 Å². The predicted octanol–water partition coefficient (Wildman–Crippen LogP) is 6.60. The van der Waals surface area contributed by atoms with Crippen molar-refractivity contribution in [3.63, 3.8) is 0 Å². The number of morpholine rings is 1. The maximum absolute atomic E-state index is 11.8. The summed E-state index contributed by atoms with van der Waals surface area (Å²) < 4.78 is 24.4. The number of pyridine rings is 1. The van der Waals surface area contributed by atoms with E-state index in [-0.39, 0.29) is 19.3 Å². The Kier molecular flexibility index (Phi) is 12.7. The molecule has 1 fully saturated rings. The molecule has 0 radical (unpaired) electrons. The minimum atomic E-state index is -1.59. The number of rotatable bonds is 16. The summed E-state index contributed by atoms with van der Waals surface area (Å²) in [6, 6.07) is 19.1. The summed E-state index contributed by atoms with van der Waals surface area (Å²) in [7, 11) is 0. The number of halogens is 2. The van der Waals surface area contributed by atoms with Gasteiger partial charge < -0.3 is 29.2 Å². The second kappa shape index (κ2) is 17.6. The smallest absolute Gasteiger partial charge is 0.326 e. The van der Waals surface area contributed by atoms with E-state index < -0.39 is 18.1 Å². The van der Waals surface area contributed by atoms with E-state index >= 15 is 0 Å². The van der Waals surface area contributed by atoms with Gasteiger partial charge in [-0.2, -0.15) is 5.26 Å². The predicted molar refractivity (Wildman–Crippen MR) is 201 cm³/mol. The van der Waals surface area contributed by atoms with Crippen molar-refractivity contribution in [2.24, 2.45) is 0 Å². The van der Waals surface area contributed by atoms with Crippen molar-refractivity contribution >= 4 is 29.2 Å². The largest absolute Gasteiger partial charge is 0.492 e. The Balaban J connectivity index is 1.21. The molecule has 0 saturated carbocycles. The third-order valence-electron chi connectivity index (χ3n) is 9.61. The summed E-state index contributed by atoms with van der Waals surface area (Å²) in [5.74, 6) is 0.241. The highest BCUT2D eigenvalue weighted by molar-refractivity contribution is 6.35. The number of carboxylic acid groups (broad SMARTS) is 1. The zero-order valence-corrected chi connectivity index (χ0v) is 31.0. The Bertz CT molecular complexity index is 1970. The van der Waals surface area contributed by atoms with Crippen molar-refractivity contribution in [2.45, 2.75) is 51.0 Å². The molecule has 1 aliphatic carbocycles. The van der Waals surface area contributed by atoms with Crippen molar-refractivity contribution in [1.29, 1.82) is 5.26 Å². The zero-order chi connectivity index (χ0) is 37.4. The van der Waals surface area contributed by atoms with Gasteiger partial charge in [0.15, 0.2) is 0 Å². The minimum absolute atomic E-state index is 0.0300. The van der Waals surface area contributed by atoms with Crippen LogP contribution in [0.15, 0.2) is 67.0 Å². The van der Waals surface area contributed by atoms with Gasteiger partial charge in [0.1, 0.15) is 41.6 Å². The number of carboxylic acids is 1. The normalized spacial score (nSPS) is 16.7. The summed E-state index contributed by atoms with van der Waals surface area (Å²) in [4.78, 5) is 18.3. The molecule has 0 bridgehead atoms. The van der Waals surface area contributed by atoms with Gasteiger partial charge in [0.05, 0.1) is 42.0 Å². The maximum atomic E-state index is 11.8. The van der Waals surface area contributed by atoms with E-state index in [1.54, 1.807) is 24.4 Å². The lowest BCUT2D eigenvalue weighted by molar-refractivity contribution is -0.145. The first-order valence-electron chi connectivity index (χ1n) is 17.6. The number of aliphatic carboxylic acids is 1. The molecule has 1 aliphatic heterocycles. The summed E-state index contributed by atoms with van der Waals surface area (Å²) in [6.45, 7) is 5.83. The first-order chi connectivity index (χ1) is 25.7. The SMILES string of the molecule is C[C@@](CO)(NCc1cc(Cl)c(O[C@H]2CCc3c(-c4cccc(OCCCN5CCOCC5)c4Cl)cccc32)cc1OCc1cncc(C#N)c1)C(=O)O. The first kappa shape index (κ1) is 38.3. The van der Waals surface area contributed by atoms with Gasteiger partial charge in [-0.1, -0.05) is 53.5 Å². The number of aromatic nitrogens is 1. The molecule has 2 heterocycles. The number of hydrogen-bond donors (Lipinski definition) is 3. The van der Waals surface area contributed by atoms with Gasteiger partial charge in [-0.15, -0.1) is 0 Å². The quantitative estimate of drug-likeness (QED) is 0.106. The topological polar surface area (TPSA) is 146 Å². The molecule has 6 rings (SSSR count). The molecular weight excluding hydrogens is 719 g/mol. The lowest BCUT2D eigenvalue weighted by Crippen LogP contribution is -2.52. The van der Waals surface area contributed by atoms with Crippen LogP contribution in [0.5, 0.6) is 17.2 Å². The molecule has 2 atom stereocenters. The van der Waals surface area contributed by atoms with E-state index in [9.17, 15) is 20.3 Å². The number of nitrogens with one attached hydrogen (secondary N) is 1. The molecule has 278 valence electrons. The summed E-state index contributed by atoms with van der Waals surface area (Å²) in [6.07, 6.45) is 5.12. The number of aliphatic hydroxyl groups is 1. The van der Waals surface area contributed by atoms with Gasteiger partial charge in [-0.05, 0) is 61.1 Å². The molecule has 3 aromatic carbocycles. The van der Waals surface area contributed by atoms with E-state index in [0.29, 0.717) is 57.0 Å². The fourth-order valence-electron chi connectivity index (χ4n) is 6.49. The monoisotopic (exact) mass is 760 g/mol. The average Bonchev–Trinajstić information content (AvgIpc) is 3.59. The van der Waals surface area contributed by atoms with Crippen LogP contribution >= 0.6 is 23.2 Å². The summed E-state index contributed by atoms with van der Waals surface area (Å²) in [5.41, 5.74) is 4.11. The number of ether oxygens (including phenoxy) is 4. The Morgan fingerprint density at radius 1 is 1.08 bits per heavy atom. The van der Waals surface area contributed by atoms with Crippen molar-refractivity contribution < 1.29 is 34.0 Å². The Labute approximate surface area is 319 Å². The molecule has 53 heavy (non-hydrogen) atoms. The Morgan fingerprint density at radius 3 is 2.64 bits per heavy atom. The second-order valence-corrected chi connectivity index (χ2v) is 14.1. The number of carbonyl (C=O) groups is 1. The molecule has 1 saturated heterocycles. The third-order valence-corrected chi connectivity index (χ3v) is 10.3. The van der Waals surface area contributed by atoms with Gasteiger partial charge in [0.2, 0.25) is 0 Å². The number of nitrogens with zero attached hydrogens (tertiary/aromatic N) is 3. The van der Waals surface area contributed by atoms with Crippen molar-refractivity contribution in [1.82, 2.24) is 15.2 Å². The summed E-state index contributed by atoms with van der Waals surface area (Å²) in [5, 5.41) is 32.5. The van der Waals surface area contributed by atoms with Crippen LogP contribution in [0.2, 0.25) is 10.0 Å². The number of aliphatic hydroxyl groups excluding tert-OH is 1. The Morgan fingerprint density at radius 2 is 1.87 bits per heavy atom. The summed E-state index contributed by atoms with van der Waals surface area (Å²) >= 11 is 13.8. The number of benzene rings is 3. The molecule has 2 aliphatic rings. The number of fused-ring (bicyclic) bond motifs is 1. The highest BCUT2D eigenvalue weighted by atomic mass is 35.5. The number of nitriles is 1. The minimum Gasteiger partial charge on any atom is -0.492 e. The van der Waals surface area contributed by atoms with Crippen LogP contribution in [0.1, 0.15) is 53.7 Å². The fourth-order valence-corrected chi connectivity index (χ4v) is 7.00. The molecule has 11 nitrogen and oxygen atoms in total. The van der Waals surface area contributed by atoms with Crippen LogP contribution in [-0.4, -0.2) is 77.7 Å². The fraction of sp³-hybridized carbons (Fsp3) is 0.375. The molecule has 0 amide bonds. The van der Waals surface area contributed by atoms with Gasteiger partial charge >= 0.3 is 5.97 Å². The van der Waals surface area contributed by atoms with Crippen molar-refractivity contribution in [3.8, 4) is 34.4 Å². The van der Waals surface area contributed by atoms with Gasteiger partial charge in [-0.3, -0.25) is 20.0 Å². The molecule has 0 unspecified atom stereocenters. The highest BCUT2D eigenvalue weighted by Crippen LogP contribution is 2.45. The number of hydrogen-bond acceptors (Lipinski definition) is 10. The van der Waals surface area contributed by atoms with E-state index in [2.05, 4.69) is 33.4 Å². The van der Waals surface area contributed by atoms with Crippen LogP contribution in [0.3, 0.4) is 0 Å². The van der Waals surface area contributed by atoms with E-state index in [1.165, 1.54) is 13.1 Å². The van der Waals surface area contributed by atoms with Crippen LogP contribution < -0.4 is 19.5 Å². The lowest BCUT2D eigenvalue weighted by atomic mass is 9.96. The van der Waals surface area contributed by atoms with E-state index in [4.69, 9.17) is 42.1 Å². The lowest BCUT2D eigenvalue weighted by Gasteiger charge is -2.26. The average molecular weight is 762 g/mol. The van der Waals surface area contributed by atoms with Crippen LogP contribution in [0, 0.1) is 11.3 Å². The highest BCUT2D eigenvalue weighted by Gasteiger charge is 2.33. The molecule has 3 N–H and O–H groups in total. The van der Waals surface area contributed by atoms with E-state index in [1.807, 2.05) is 24.3 Å². The van der Waals surface area contributed by atoms with Crippen molar-refractivity contribution in [2.75, 3.05) is 46.1 Å². The Hall–Kier alpha value is -4.41. The second-order valence-electron chi connectivity index (χ2n) is 13.3. The zero-order valence-electron chi connectivity index (χ0n) is 29.4.